The van der Waals surface area contributed by atoms with Gasteiger partial charge in [-0.15, -0.1) is 0 Å². The van der Waals surface area contributed by atoms with Gasteiger partial charge in [0.2, 0.25) is 0 Å². The molecule has 3 nitrogen and oxygen atoms in total. The summed E-state index contributed by atoms with van der Waals surface area (Å²) in [5.74, 6) is 0.869. The Kier molecular flexibility index (Phi) is 23.7. The molecule has 0 aliphatic heterocycles. The Morgan fingerprint density at radius 3 is 0.903 bits per heavy atom. The predicted octanol–water partition coefficient (Wildman–Crippen LogP) is 9.47. The summed E-state index contributed by atoms with van der Waals surface area (Å²) < 4.78 is 18.4. The zero-order chi connectivity index (χ0) is 23.2. The predicted molar refractivity (Wildman–Crippen MR) is 139 cm³/mol. The third-order valence-corrected chi connectivity index (χ3v) is 9.88. The highest BCUT2D eigenvalue weighted by Crippen LogP contribution is 2.56. The molecular formula is C27H57O3P. The highest BCUT2D eigenvalue weighted by atomic mass is 31.1. The van der Waals surface area contributed by atoms with Crippen LogP contribution in [0.1, 0.15) is 136 Å². The zero-order valence-electron chi connectivity index (χ0n) is 22.1. The van der Waals surface area contributed by atoms with Gasteiger partial charge in [0.25, 0.3) is 0 Å². The number of ether oxygens (including phenoxy) is 3. The molecule has 3 unspecified atom stereocenters. The van der Waals surface area contributed by atoms with E-state index >= 15 is 0 Å². The van der Waals surface area contributed by atoms with Crippen LogP contribution in [0.15, 0.2) is 0 Å². The summed E-state index contributed by atoms with van der Waals surface area (Å²) in [5.41, 5.74) is 0. The minimum absolute atomic E-state index is 0.290. The van der Waals surface area contributed by atoms with Gasteiger partial charge in [0.15, 0.2) is 0 Å². The summed E-state index contributed by atoms with van der Waals surface area (Å²) in [6.07, 6.45) is 23.2. The molecule has 0 spiro atoms. The Labute approximate surface area is 197 Å². The van der Waals surface area contributed by atoms with Crippen LogP contribution in [-0.2, 0) is 14.2 Å². The standard InChI is InChI=1S/C27H57O3P/c1-7-10-13-16-19-22-25(28-4)31(26(29-5)23-20-17-14-11-8-2)27(30-6)24-21-18-15-12-9-3/h25-27H,7-24H2,1-6H3. The number of methoxy groups -OCH3 is 3. The number of hydrogen-bond acceptors (Lipinski definition) is 3. The smallest absolute Gasteiger partial charge is 0.0811 e. The lowest BCUT2D eigenvalue weighted by Gasteiger charge is -2.38. The molecule has 0 saturated carbocycles. The molecule has 3 atom stereocenters. The monoisotopic (exact) mass is 460 g/mol. The molecule has 0 aromatic rings. The summed E-state index contributed by atoms with van der Waals surface area (Å²) in [6.45, 7) is 6.85. The minimum atomic E-state index is -0.491. The molecule has 0 aliphatic carbocycles. The second kappa shape index (κ2) is 23.5. The Morgan fingerprint density at radius 1 is 0.419 bits per heavy atom. The van der Waals surface area contributed by atoms with Crippen molar-refractivity contribution in [3.63, 3.8) is 0 Å². The lowest BCUT2D eigenvalue weighted by atomic mass is 10.1. The van der Waals surface area contributed by atoms with E-state index in [1.54, 1.807) is 0 Å². The lowest BCUT2D eigenvalue weighted by Crippen LogP contribution is -2.27. The molecule has 0 bridgehead atoms. The van der Waals surface area contributed by atoms with Gasteiger partial charge < -0.3 is 14.2 Å². The molecule has 0 N–H and O–H groups in total. The van der Waals surface area contributed by atoms with E-state index in [-0.39, 0.29) is 17.5 Å². The maximum absolute atomic E-state index is 6.14. The van der Waals surface area contributed by atoms with Crippen LogP contribution in [-0.4, -0.2) is 38.9 Å². The van der Waals surface area contributed by atoms with Crippen molar-refractivity contribution in [1.29, 1.82) is 0 Å². The average molecular weight is 461 g/mol. The van der Waals surface area contributed by atoms with Crippen molar-refractivity contribution in [2.75, 3.05) is 21.3 Å². The lowest BCUT2D eigenvalue weighted by molar-refractivity contribution is 0.103. The van der Waals surface area contributed by atoms with E-state index in [1.165, 1.54) is 96.3 Å². The SMILES string of the molecule is CCCCCCCC(OC)P(C(CCCCCCC)OC)C(CCCCCCC)OC. The van der Waals surface area contributed by atoms with E-state index in [4.69, 9.17) is 14.2 Å². The third-order valence-electron chi connectivity index (χ3n) is 6.48. The van der Waals surface area contributed by atoms with E-state index in [2.05, 4.69) is 20.8 Å². The summed E-state index contributed by atoms with van der Waals surface area (Å²) in [5, 5.41) is 0. The van der Waals surface area contributed by atoms with Crippen LogP contribution in [0.4, 0.5) is 0 Å². The quantitative estimate of drug-likeness (QED) is 0.106. The van der Waals surface area contributed by atoms with Crippen LogP contribution in [0.3, 0.4) is 0 Å². The molecule has 0 aromatic carbocycles. The van der Waals surface area contributed by atoms with E-state index in [1.807, 2.05) is 21.3 Å². The van der Waals surface area contributed by atoms with Crippen molar-refractivity contribution in [1.82, 2.24) is 0 Å². The first-order chi connectivity index (χ1) is 15.2. The molecule has 0 saturated heterocycles. The van der Waals surface area contributed by atoms with Gasteiger partial charge in [0.05, 0.1) is 17.5 Å². The largest absolute Gasteiger partial charge is 0.377 e. The minimum Gasteiger partial charge on any atom is -0.377 e. The maximum atomic E-state index is 6.14. The first-order valence-electron chi connectivity index (χ1n) is 13.6. The van der Waals surface area contributed by atoms with E-state index in [0.717, 1.165) is 19.3 Å². The van der Waals surface area contributed by atoms with Crippen molar-refractivity contribution in [3.8, 4) is 0 Å². The van der Waals surface area contributed by atoms with E-state index < -0.39 is 7.92 Å². The van der Waals surface area contributed by atoms with Crippen molar-refractivity contribution >= 4 is 7.92 Å². The summed E-state index contributed by atoms with van der Waals surface area (Å²) in [4.78, 5) is 0. The summed E-state index contributed by atoms with van der Waals surface area (Å²) in [6, 6.07) is 0. The van der Waals surface area contributed by atoms with Gasteiger partial charge in [-0.2, -0.15) is 0 Å². The molecule has 31 heavy (non-hydrogen) atoms. The molecule has 0 fully saturated rings. The Balaban J connectivity index is 5.04. The zero-order valence-corrected chi connectivity index (χ0v) is 23.0. The average Bonchev–Trinajstić information content (AvgIpc) is 2.79. The fourth-order valence-corrected chi connectivity index (χ4v) is 7.77. The van der Waals surface area contributed by atoms with Gasteiger partial charge in [-0.3, -0.25) is 0 Å². The van der Waals surface area contributed by atoms with Crippen molar-refractivity contribution in [3.05, 3.63) is 0 Å². The molecule has 0 amide bonds. The molecule has 0 aliphatic rings. The van der Waals surface area contributed by atoms with Crippen molar-refractivity contribution in [2.24, 2.45) is 0 Å². The molecule has 4 heteroatoms. The number of hydrogen-bond donors (Lipinski definition) is 0. The Morgan fingerprint density at radius 2 is 0.677 bits per heavy atom. The van der Waals surface area contributed by atoms with Gasteiger partial charge in [0.1, 0.15) is 0 Å². The molecule has 0 aromatic heterocycles. The summed E-state index contributed by atoms with van der Waals surface area (Å²) >= 11 is 0. The van der Waals surface area contributed by atoms with Crippen molar-refractivity contribution < 1.29 is 14.2 Å². The highest BCUT2D eigenvalue weighted by molar-refractivity contribution is 7.59. The fraction of sp³-hybridized carbons (Fsp3) is 1.00. The van der Waals surface area contributed by atoms with Crippen LogP contribution >= 0.6 is 7.92 Å². The summed E-state index contributed by atoms with van der Waals surface area (Å²) in [7, 11) is 5.24. The van der Waals surface area contributed by atoms with E-state index in [9.17, 15) is 0 Å². The second-order valence-electron chi connectivity index (χ2n) is 9.13. The second-order valence-corrected chi connectivity index (χ2v) is 11.7. The topological polar surface area (TPSA) is 27.7 Å². The van der Waals surface area contributed by atoms with Gasteiger partial charge in [-0.05, 0) is 27.2 Å². The fourth-order valence-electron chi connectivity index (χ4n) is 4.49. The van der Waals surface area contributed by atoms with Crippen molar-refractivity contribution in [2.45, 2.75) is 154 Å². The first kappa shape index (κ1) is 31.3. The normalized spacial score (nSPS) is 15.7. The van der Waals surface area contributed by atoms with Crippen LogP contribution < -0.4 is 0 Å². The highest BCUT2D eigenvalue weighted by Gasteiger charge is 2.35. The van der Waals surface area contributed by atoms with E-state index in [0.29, 0.717) is 0 Å². The van der Waals surface area contributed by atoms with Crippen LogP contribution in [0, 0.1) is 0 Å². The Hall–Kier alpha value is 0.310. The van der Waals surface area contributed by atoms with Crippen LogP contribution in [0.25, 0.3) is 0 Å². The molecule has 188 valence electrons. The van der Waals surface area contributed by atoms with Crippen LogP contribution in [0.5, 0.6) is 0 Å². The number of unbranched alkanes of at least 4 members (excludes halogenated alkanes) is 12. The third kappa shape index (κ3) is 15.7. The number of rotatable bonds is 24. The molecular weight excluding hydrogens is 403 g/mol. The first-order valence-corrected chi connectivity index (χ1v) is 15.1. The van der Waals surface area contributed by atoms with Gasteiger partial charge in [0, 0.05) is 21.3 Å². The van der Waals surface area contributed by atoms with Gasteiger partial charge in [-0.1, -0.05) is 117 Å². The maximum Gasteiger partial charge on any atom is 0.0811 e. The molecule has 0 rings (SSSR count). The Bertz CT molecular complexity index is 301. The van der Waals surface area contributed by atoms with Gasteiger partial charge in [-0.25, -0.2) is 0 Å². The molecule has 0 heterocycles. The van der Waals surface area contributed by atoms with Crippen LogP contribution in [0.2, 0.25) is 0 Å². The molecule has 0 radical (unpaired) electrons. The van der Waals surface area contributed by atoms with Gasteiger partial charge >= 0.3 is 0 Å².